The molecule has 2 aliphatic rings. The molecule has 20 heavy (non-hydrogen) atoms. The van der Waals surface area contributed by atoms with Crippen molar-refractivity contribution in [1.82, 2.24) is 8.87 Å². The van der Waals surface area contributed by atoms with Crippen LogP contribution in [0.5, 0.6) is 0 Å². The molecule has 0 spiro atoms. The van der Waals surface area contributed by atoms with Crippen molar-refractivity contribution in [2.45, 2.75) is 50.1 Å². The highest BCUT2D eigenvalue weighted by molar-refractivity contribution is 7.89. The molecule has 0 saturated heterocycles. The van der Waals surface area contributed by atoms with Crippen molar-refractivity contribution < 1.29 is 8.42 Å². The molecule has 1 aromatic rings. The summed E-state index contributed by atoms with van der Waals surface area (Å²) >= 11 is 0. The molecular formula is C14H23N3O2S. The maximum absolute atomic E-state index is 12.7. The van der Waals surface area contributed by atoms with Crippen molar-refractivity contribution in [3.8, 4) is 0 Å². The first-order valence-electron chi connectivity index (χ1n) is 7.47. The van der Waals surface area contributed by atoms with E-state index < -0.39 is 10.0 Å². The van der Waals surface area contributed by atoms with Gasteiger partial charge in [-0.3, -0.25) is 0 Å². The van der Waals surface area contributed by atoms with Crippen molar-refractivity contribution in [2.24, 2.45) is 11.7 Å². The quantitative estimate of drug-likeness (QED) is 0.833. The van der Waals surface area contributed by atoms with Crippen molar-refractivity contribution in [2.75, 3.05) is 13.1 Å². The van der Waals surface area contributed by atoms with Crippen LogP contribution in [-0.4, -0.2) is 30.4 Å². The van der Waals surface area contributed by atoms with Crippen LogP contribution < -0.4 is 5.73 Å². The average Bonchev–Trinajstić information content (AvgIpc) is 3.34. The van der Waals surface area contributed by atoms with Crippen molar-refractivity contribution in [1.29, 1.82) is 0 Å². The normalized spacial score (nSPS) is 19.8. The summed E-state index contributed by atoms with van der Waals surface area (Å²) in [5.41, 5.74) is 6.67. The summed E-state index contributed by atoms with van der Waals surface area (Å²) in [6, 6.07) is 2.21. The van der Waals surface area contributed by atoms with E-state index in [-0.39, 0.29) is 0 Å². The van der Waals surface area contributed by atoms with Crippen LogP contribution in [0.3, 0.4) is 0 Å². The van der Waals surface area contributed by atoms with Gasteiger partial charge >= 0.3 is 0 Å². The van der Waals surface area contributed by atoms with Gasteiger partial charge in [0.1, 0.15) is 4.90 Å². The largest absolute Gasteiger partial charge is 0.346 e. The van der Waals surface area contributed by atoms with E-state index in [4.69, 9.17) is 5.73 Å². The summed E-state index contributed by atoms with van der Waals surface area (Å²) in [5, 5.41) is 0. The van der Waals surface area contributed by atoms with Crippen molar-refractivity contribution in [3.05, 3.63) is 18.0 Å². The minimum atomic E-state index is -3.37. The van der Waals surface area contributed by atoms with Crippen LogP contribution in [-0.2, 0) is 16.6 Å². The average molecular weight is 297 g/mol. The smallest absolute Gasteiger partial charge is 0.244 e. The molecule has 2 aliphatic carbocycles. The number of nitrogens with zero attached hydrogens (tertiary/aromatic N) is 2. The van der Waals surface area contributed by atoms with Gasteiger partial charge in [0.15, 0.2) is 0 Å². The zero-order chi connectivity index (χ0) is 14.3. The van der Waals surface area contributed by atoms with Crippen LogP contribution in [0.15, 0.2) is 17.2 Å². The zero-order valence-corrected chi connectivity index (χ0v) is 12.8. The van der Waals surface area contributed by atoms with Gasteiger partial charge in [0, 0.05) is 37.6 Å². The summed E-state index contributed by atoms with van der Waals surface area (Å²) in [6.07, 6.45) is 6.35. The minimum absolute atomic E-state index is 0.390. The van der Waals surface area contributed by atoms with E-state index in [0.717, 1.165) is 31.4 Å². The van der Waals surface area contributed by atoms with Gasteiger partial charge in [0.25, 0.3) is 0 Å². The minimum Gasteiger partial charge on any atom is -0.346 e. The number of sulfonamides is 1. The summed E-state index contributed by atoms with van der Waals surface area (Å²) in [6.45, 7) is 3.49. The Bertz CT molecular complexity index is 586. The van der Waals surface area contributed by atoms with Crippen LogP contribution in [0, 0.1) is 5.92 Å². The topological polar surface area (TPSA) is 68.3 Å². The van der Waals surface area contributed by atoms with E-state index >= 15 is 0 Å². The summed E-state index contributed by atoms with van der Waals surface area (Å²) < 4.78 is 29.1. The molecule has 0 bridgehead atoms. The summed E-state index contributed by atoms with van der Waals surface area (Å²) in [5.74, 6) is 0.559. The second-order valence-corrected chi connectivity index (χ2v) is 7.85. The molecule has 112 valence electrons. The predicted octanol–water partition coefficient (Wildman–Crippen LogP) is 1.70. The Hall–Kier alpha value is -0.850. The Kier molecular flexibility index (Phi) is 3.64. The first-order valence-corrected chi connectivity index (χ1v) is 8.91. The lowest BCUT2D eigenvalue weighted by Gasteiger charge is -2.19. The molecule has 0 aliphatic heterocycles. The Morgan fingerprint density at radius 2 is 2.05 bits per heavy atom. The van der Waals surface area contributed by atoms with E-state index in [0.29, 0.717) is 36.5 Å². The molecule has 0 aromatic carbocycles. The van der Waals surface area contributed by atoms with E-state index in [1.807, 2.05) is 6.92 Å². The van der Waals surface area contributed by atoms with Crippen LogP contribution in [0.25, 0.3) is 0 Å². The third-order valence-corrected chi connectivity index (χ3v) is 6.11. The fourth-order valence-corrected chi connectivity index (χ4v) is 4.21. The Morgan fingerprint density at radius 1 is 1.35 bits per heavy atom. The highest BCUT2D eigenvalue weighted by Crippen LogP contribution is 2.38. The van der Waals surface area contributed by atoms with Gasteiger partial charge in [0.2, 0.25) is 10.0 Å². The molecule has 1 aromatic heterocycles. The number of aromatic nitrogens is 1. The fourth-order valence-electron chi connectivity index (χ4n) is 2.63. The standard InChI is InChI=1S/C14H23N3O2S/c1-2-16(9-11-3-4-11)20(18,19)14-7-13(8-15)17(10-14)12-5-6-12/h7,10-12H,2-6,8-9,15H2,1H3. The molecule has 6 heteroatoms. The van der Waals surface area contributed by atoms with E-state index in [2.05, 4.69) is 4.57 Å². The van der Waals surface area contributed by atoms with Crippen LogP contribution in [0.2, 0.25) is 0 Å². The highest BCUT2D eigenvalue weighted by Gasteiger charge is 2.33. The first-order chi connectivity index (χ1) is 9.56. The number of rotatable bonds is 7. The SMILES string of the molecule is CCN(CC1CC1)S(=O)(=O)c1cc(CN)n(C2CC2)c1. The molecule has 2 N–H and O–H groups in total. The van der Waals surface area contributed by atoms with Crippen LogP contribution in [0.4, 0.5) is 0 Å². The monoisotopic (exact) mass is 297 g/mol. The van der Waals surface area contributed by atoms with E-state index in [1.165, 1.54) is 0 Å². The lowest BCUT2D eigenvalue weighted by Crippen LogP contribution is -2.32. The van der Waals surface area contributed by atoms with E-state index in [9.17, 15) is 8.42 Å². The molecular weight excluding hydrogens is 274 g/mol. The van der Waals surface area contributed by atoms with Gasteiger partial charge in [-0.2, -0.15) is 4.31 Å². The Labute approximate surface area is 120 Å². The fraction of sp³-hybridized carbons (Fsp3) is 0.714. The molecule has 0 amide bonds. The molecule has 2 saturated carbocycles. The molecule has 3 rings (SSSR count). The van der Waals surface area contributed by atoms with Crippen LogP contribution >= 0.6 is 0 Å². The molecule has 5 nitrogen and oxygen atoms in total. The van der Waals surface area contributed by atoms with Gasteiger partial charge in [-0.1, -0.05) is 6.92 Å². The second-order valence-electron chi connectivity index (χ2n) is 5.91. The van der Waals surface area contributed by atoms with Gasteiger partial charge < -0.3 is 10.3 Å². The molecule has 0 unspecified atom stereocenters. The third kappa shape index (κ3) is 2.64. The van der Waals surface area contributed by atoms with Crippen LogP contribution in [0.1, 0.15) is 44.3 Å². The van der Waals surface area contributed by atoms with Gasteiger partial charge in [-0.15, -0.1) is 0 Å². The second kappa shape index (κ2) is 5.16. The number of hydrogen-bond acceptors (Lipinski definition) is 3. The molecule has 2 fully saturated rings. The Balaban J connectivity index is 1.88. The zero-order valence-electron chi connectivity index (χ0n) is 12.0. The molecule has 0 atom stereocenters. The van der Waals surface area contributed by atoms with Gasteiger partial charge in [-0.25, -0.2) is 8.42 Å². The van der Waals surface area contributed by atoms with E-state index in [1.54, 1.807) is 16.6 Å². The number of hydrogen-bond donors (Lipinski definition) is 1. The lowest BCUT2D eigenvalue weighted by molar-refractivity contribution is 0.412. The summed E-state index contributed by atoms with van der Waals surface area (Å²) in [7, 11) is -3.37. The Morgan fingerprint density at radius 3 is 2.55 bits per heavy atom. The molecule has 1 heterocycles. The number of nitrogens with two attached hydrogens (primary N) is 1. The lowest BCUT2D eigenvalue weighted by atomic mass is 10.4. The maximum Gasteiger partial charge on any atom is 0.244 e. The van der Waals surface area contributed by atoms with Gasteiger partial charge in [-0.05, 0) is 37.7 Å². The maximum atomic E-state index is 12.7. The highest BCUT2D eigenvalue weighted by atomic mass is 32.2. The molecule has 0 radical (unpaired) electrons. The first kappa shape index (κ1) is 14.1. The summed E-state index contributed by atoms with van der Waals surface area (Å²) in [4.78, 5) is 0.410. The third-order valence-electron chi connectivity index (χ3n) is 4.21. The van der Waals surface area contributed by atoms with Gasteiger partial charge in [0.05, 0.1) is 0 Å². The predicted molar refractivity (Wildman–Crippen MR) is 77.8 cm³/mol. The van der Waals surface area contributed by atoms with Crippen molar-refractivity contribution >= 4 is 10.0 Å². The van der Waals surface area contributed by atoms with Crippen molar-refractivity contribution in [3.63, 3.8) is 0 Å².